The summed E-state index contributed by atoms with van der Waals surface area (Å²) in [5.41, 5.74) is 6.67. The van der Waals surface area contributed by atoms with Crippen LogP contribution in [0.4, 0.5) is 0 Å². The number of likely N-dealkylation sites (tertiary alicyclic amines) is 1. The molecule has 6 heteroatoms. The minimum absolute atomic E-state index is 0.0870. The van der Waals surface area contributed by atoms with E-state index in [1.54, 1.807) is 12.1 Å². The van der Waals surface area contributed by atoms with Gasteiger partial charge in [0.15, 0.2) is 5.96 Å². The summed E-state index contributed by atoms with van der Waals surface area (Å²) in [6.45, 7) is 2.97. The molecule has 0 aliphatic carbocycles. The minimum atomic E-state index is -0.0870. The molecule has 0 aromatic heterocycles. The summed E-state index contributed by atoms with van der Waals surface area (Å²) in [4.78, 5) is 18.4. The largest absolute Gasteiger partial charge is 0.370 e. The normalized spacial score (nSPS) is 16.2. The van der Waals surface area contributed by atoms with Crippen LogP contribution in [0, 0.1) is 0 Å². The van der Waals surface area contributed by atoms with Gasteiger partial charge in [-0.2, -0.15) is 0 Å². The molecule has 0 spiro atoms. The lowest BCUT2D eigenvalue weighted by molar-refractivity contribution is 0.0955. The van der Waals surface area contributed by atoms with Crippen LogP contribution in [0.25, 0.3) is 0 Å². The molecule has 3 N–H and O–H groups in total. The van der Waals surface area contributed by atoms with E-state index < -0.39 is 0 Å². The van der Waals surface area contributed by atoms with E-state index in [4.69, 9.17) is 5.73 Å². The smallest absolute Gasteiger partial charge is 0.251 e. The Labute approximate surface area is 140 Å². The minimum Gasteiger partial charge on any atom is -0.370 e. The average molecular weight is 367 g/mol. The van der Waals surface area contributed by atoms with Gasteiger partial charge in [-0.3, -0.25) is 9.79 Å². The van der Waals surface area contributed by atoms with E-state index in [1.807, 2.05) is 12.1 Å². The molecule has 1 aromatic rings. The zero-order valence-electron chi connectivity index (χ0n) is 12.7. The van der Waals surface area contributed by atoms with Crippen molar-refractivity contribution in [2.24, 2.45) is 10.7 Å². The summed E-state index contributed by atoms with van der Waals surface area (Å²) in [6.07, 6.45) is 4.90. The molecule has 0 atom stereocenters. The molecule has 1 aromatic carbocycles. The van der Waals surface area contributed by atoms with Crippen molar-refractivity contribution >= 4 is 27.8 Å². The van der Waals surface area contributed by atoms with Crippen LogP contribution in [0.5, 0.6) is 0 Å². The van der Waals surface area contributed by atoms with Gasteiger partial charge in [0.2, 0.25) is 0 Å². The number of nitrogens with zero attached hydrogens (tertiary/aromatic N) is 2. The number of guanidine groups is 1. The van der Waals surface area contributed by atoms with E-state index in [-0.39, 0.29) is 5.91 Å². The Kier molecular flexibility index (Phi) is 6.71. The molecule has 1 fully saturated rings. The number of amides is 1. The van der Waals surface area contributed by atoms with Crippen molar-refractivity contribution in [3.63, 3.8) is 0 Å². The third kappa shape index (κ3) is 5.33. The first-order valence-corrected chi connectivity index (χ1v) is 8.55. The average Bonchev–Trinajstić information content (AvgIpc) is 2.81. The number of nitrogens with two attached hydrogens (primary N) is 1. The lowest BCUT2D eigenvalue weighted by Gasteiger charge is -2.21. The van der Waals surface area contributed by atoms with Crippen LogP contribution in [-0.2, 0) is 0 Å². The van der Waals surface area contributed by atoms with Crippen molar-refractivity contribution in [1.29, 1.82) is 0 Å². The predicted octanol–water partition coefficient (Wildman–Crippen LogP) is 2.37. The third-order valence-electron chi connectivity index (χ3n) is 3.71. The highest BCUT2D eigenvalue weighted by Gasteiger charge is 2.10. The highest BCUT2D eigenvalue weighted by Crippen LogP contribution is 2.10. The molecule has 1 aliphatic heterocycles. The van der Waals surface area contributed by atoms with Gasteiger partial charge in [-0.15, -0.1) is 0 Å². The number of rotatable bonds is 4. The quantitative estimate of drug-likeness (QED) is 0.488. The molecule has 120 valence electrons. The molecule has 1 heterocycles. The molecule has 0 bridgehead atoms. The van der Waals surface area contributed by atoms with Gasteiger partial charge in [-0.1, -0.05) is 28.8 Å². The molecule has 1 saturated heterocycles. The lowest BCUT2D eigenvalue weighted by Crippen LogP contribution is -2.38. The van der Waals surface area contributed by atoms with Crippen LogP contribution >= 0.6 is 15.9 Å². The van der Waals surface area contributed by atoms with Crippen LogP contribution in [0.2, 0.25) is 0 Å². The number of hydrogen-bond donors (Lipinski definition) is 2. The van der Waals surface area contributed by atoms with Crippen molar-refractivity contribution in [2.75, 3.05) is 26.2 Å². The predicted molar refractivity (Wildman–Crippen MR) is 93.0 cm³/mol. The van der Waals surface area contributed by atoms with Gasteiger partial charge in [0.25, 0.3) is 5.91 Å². The SMILES string of the molecule is NC(=NCCNC(=O)c1ccc(Br)cc1)N1CCCCCC1. The van der Waals surface area contributed by atoms with Crippen LogP contribution in [-0.4, -0.2) is 42.9 Å². The second-order valence-corrected chi connectivity index (χ2v) is 6.32. The zero-order valence-corrected chi connectivity index (χ0v) is 14.3. The molecule has 0 saturated carbocycles. The first-order valence-electron chi connectivity index (χ1n) is 7.75. The maximum Gasteiger partial charge on any atom is 0.251 e. The number of halogens is 1. The van der Waals surface area contributed by atoms with Crippen molar-refractivity contribution in [2.45, 2.75) is 25.7 Å². The maximum atomic E-state index is 11.9. The highest BCUT2D eigenvalue weighted by molar-refractivity contribution is 9.10. The van der Waals surface area contributed by atoms with Gasteiger partial charge >= 0.3 is 0 Å². The summed E-state index contributed by atoms with van der Waals surface area (Å²) in [5, 5.41) is 2.85. The maximum absolute atomic E-state index is 11.9. The molecular weight excluding hydrogens is 344 g/mol. The fourth-order valence-corrected chi connectivity index (χ4v) is 2.71. The Balaban J connectivity index is 1.74. The fourth-order valence-electron chi connectivity index (χ4n) is 2.44. The topological polar surface area (TPSA) is 70.7 Å². The summed E-state index contributed by atoms with van der Waals surface area (Å²) in [6, 6.07) is 7.28. The zero-order chi connectivity index (χ0) is 15.8. The number of hydrogen-bond acceptors (Lipinski definition) is 2. The van der Waals surface area contributed by atoms with Crippen molar-refractivity contribution in [3.8, 4) is 0 Å². The third-order valence-corrected chi connectivity index (χ3v) is 4.24. The molecule has 5 nitrogen and oxygen atoms in total. The standard InChI is InChI=1S/C16H23BrN4O/c17-14-7-5-13(6-8-14)15(22)19-9-10-20-16(18)21-11-3-1-2-4-12-21/h5-8H,1-4,9-12H2,(H2,18,20)(H,19,22). The molecule has 2 rings (SSSR count). The van der Waals surface area contributed by atoms with E-state index in [2.05, 4.69) is 31.1 Å². The fraction of sp³-hybridized carbons (Fsp3) is 0.500. The monoisotopic (exact) mass is 366 g/mol. The number of carbonyl (C=O) groups is 1. The van der Waals surface area contributed by atoms with Gasteiger partial charge < -0.3 is 16.0 Å². The second kappa shape index (κ2) is 8.78. The molecule has 22 heavy (non-hydrogen) atoms. The number of carbonyl (C=O) groups excluding carboxylic acids is 1. The number of benzene rings is 1. The second-order valence-electron chi connectivity index (χ2n) is 5.40. The van der Waals surface area contributed by atoms with Crippen molar-refractivity contribution < 1.29 is 4.79 Å². The summed E-state index contributed by atoms with van der Waals surface area (Å²) in [5.74, 6) is 0.510. The summed E-state index contributed by atoms with van der Waals surface area (Å²) in [7, 11) is 0. The number of aliphatic imine (C=N–C) groups is 1. The van der Waals surface area contributed by atoms with Crippen LogP contribution in [0.15, 0.2) is 33.7 Å². The Morgan fingerprint density at radius 3 is 2.45 bits per heavy atom. The molecule has 1 amide bonds. The molecule has 1 aliphatic rings. The highest BCUT2D eigenvalue weighted by atomic mass is 79.9. The van der Waals surface area contributed by atoms with E-state index in [0.29, 0.717) is 24.6 Å². The van der Waals surface area contributed by atoms with Crippen LogP contribution < -0.4 is 11.1 Å². The van der Waals surface area contributed by atoms with Gasteiger partial charge in [0, 0.05) is 29.7 Å². The molecular formula is C16H23BrN4O. The van der Waals surface area contributed by atoms with E-state index >= 15 is 0 Å². The van der Waals surface area contributed by atoms with Gasteiger partial charge in [0.05, 0.1) is 6.54 Å². The van der Waals surface area contributed by atoms with Gasteiger partial charge in [0.1, 0.15) is 0 Å². The van der Waals surface area contributed by atoms with Gasteiger partial charge in [-0.05, 0) is 37.1 Å². The van der Waals surface area contributed by atoms with E-state index in [9.17, 15) is 4.79 Å². The first-order chi connectivity index (χ1) is 10.7. The molecule has 0 radical (unpaired) electrons. The van der Waals surface area contributed by atoms with E-state index in [0.717, 1.165) is 17.6 Å². The van der Waals surface area contributed by atoms with Crippen molar-refractivity contribution in [3.05, 3.63) is 34.3 Å². The van der Waals surface area contributed by atoms with E-state index in [1.165, 1.54) is 25.7 Å². The number of nitrogens with one attached hydrogen (secondary N) is 1. The summed E-state index contributed by atoms with van der Waals surface area (Å²) >= 11 is 3.35. The first kappa shape index (κ1) is 16.8. The molecule has 0 unspecified atom stereocenters. The lowest BCUT2D eigenvalue weighted by atomic mass is 10.2. The van der Waals surface area contributed by atoms with Crippen LogP contribution in [0.3, 0.4) is 0 Å². The Morgan fingerprint density at radius 2 is 1.82 bits per heavy atom. The van der Waals surface area contributed by atoms with Crippen LogP contribution in [0.1, 0.15) is 36.0 Å². The Morgan fingerprint density at radius 1 is 1.18 bits per heavy atom. The Hall–Kier alpha value is -1.56. The summed E-state index contributed by atoms with van der Waals surface area (Å²) < 4.78 is 0.957. The van der Waals surface area contributed by atoms with Crippen molar-refractivity contribution in [1.82, 2.24) is 10.2 Å². The Bertz CT molecular complexity index is 507. The van der Waals surface area contributed by atoms with Gasteiger partial charge in [-0.25, -0.2) is 0 Å².